The second kappa shape index (κ2) is 7.50. The molecule has 0 radical (unpaired) electrons. The average Bonchev–Trinajstić information content (AvgIpc) is 2.99. The molecular formula is C21H24N2O5. The van der Waals surface area contributed by atoms with Crippen molar-refractivity contribution in [2.24, 2.45) is 0 Å². The molecular weight excluding hydrogens is 360 g/mol. The van der Waals surface area contributed by atoms with Crippen LogP contribution in [0.4, 0.5) is 0 Å². The van der Waals surface area contributed by atoms with E-state index in [1.807, 2.05) is 0 Å². The van der Waals surface area contributed by atoms with E-state index in [1.165, 1.54) is 7.11 Å². The number of H-pyrrole nitrogens is 1. The second-order valence-electron chi connectivity index (χ2n) is 7.34. The van der Waals surface area contributed by atoms with Gasteiger partial charge in [-0.2, -0.15) is 0 Å². The van der Waals surface area contributed by atoms with E-state index in [-0.39, 0.29) is 12.2 Å². The molecule has 0 spiro atoms. The van der Waals surface area contributed by atoms with Crippen molar-refractivity contribution in [3.8, 4) is 5.75 Å². The van der Waals surface area contributed by atoms with E-state index >= 15 is 0 Å². The number of carboxylic acids is 1. The van der Waals surface area contributed by atoms with Gasteiger partial charge in [-0.15, -0.1) is 0 Å². The minimum absolute atomic E-state index is 0.0372. The molecule has 0 saturated carbocycles. The third kappa shape index (κ3) is 3.65. The normalized spacial score (nSPS) is 15.5. The van der Waals surface area contributed by atoms with Crippen LogP contribution in [0.1, 0.15) is 63.9 Å². The van der Waals surface area contributed by atoms with Gasteiger partial charge in [-0.25, -0.2) is 0 Å². The van der Waals surface area contributed by atoms with Crippen molar-refractivity contribution < 1.29 is 24.2 Å². The van der Waals surface area contributed by atoms with Crippen LogP contribution in [0.5, 0.6) is 5.75 Å². The fourth-order valence-corrected chi connectivity index (χ4v) is 3.80. The fraction of sp³-hybridized carbons (Fsp3) is 0.381. The first kappa shape index (κ1) is 19.7. The second-order valence-corrected chi connectivity index (χ2v) is 7.34. The first-order valence-electron chi connectivity index (χ1n) is 9.18. The number of aromatic amines is 1. The minimum Gasteiger partial charge on any atom is -0.497 e. The van der Waals surface area contributed by atoms with Crippen molar-refractivity contribution in [1.29, 1.82) is 0 Å². The van der Waals surface area contributed by atoms with E-state index in [2.05, 4.69) is 10.3 Å². The topological polar surface area (TPSA) is 108 Å². The maximum atomic E-state index is 13.0. The van der Waals surface area contributed by atoms with Gasteiger partial charge < -0.3 is 20.1 Å². The molecule has 1 unspecified atom stereocenters. The minimum atomic E-state index is -1.15. The van der Waals surface area contributed by atoms with Gasteiger partial charge in [0.2, 0.25) is 0 Å². The summed E-state index contributed by atoms with van der Waals surface area (Å²) in [6.07, 6.45) is 1.66. The molecule has 0 fully saturated rings. The van der Waals surface area contributed by atoms with Gasteiger partial charge in [0.1, 0.15) is 11.4 Å². The van der Waals surface area contributed by atoms with Crippen LogP contribution >= 0.6 is 0 Å². The number of hydrogen-bond donors (Lipinski definition) is 3. The molecule has 7 nitrogen and oxygen atoms in total. The Hall–Kier alpha value is -3.09. The van der Waals surface area contributed by atoms with E-state index in [9.17, 15) is 19.5 Å². The van der Waals surface area contributed by atoms with Crippen LogP contribution in [0.2, 0.25) is 0 Å². The summed E-state index contributed by atoms with van der Waals surface area (Å²) in [5, 5.41) is 12.3. The zero-order valence-electron chi connectivity index (χ0n) is 16.2. The van der Waals surface area contributed by atoms with Crippen LogP contribution in [0.3, 0.4) is 0 Å². The molecule has 7 heteroatoms. The summed E-state index contributed by atoms with van der Waals surface area (Å²) in [7, 11) is 1.52. The van der Waals surface area contributed by atoms with E-state index in [0.717, 1.165) is 18.5 Å². The van der Waals surface area contributed by atoms with Crippen molar-refractivity contribution in [2.45, 2.75) is 45.1 Å². The molecule has 1 amide bonds. The van der Waals surface area contributed by atoms with Crippen molar-refractivity contribution >= 4 is 17.7 Å². The summed E-state index contributed by atoms with van der Waals surface area (Å²) in [5.41, 5.74) is 1.75. The van der Waals surface area contributed by atoms with E-state index in [0.29, 0.717) is 34.6 Å². The fourth-order valence-electron chi connectivity index (χ4n) is 3.80. The third-order valence-electron chi connectivity index (χ3n) is 5.27. The maximum absolute atomic E-state index is 13.0. The molecule has 1 aliphatic carbocycles. The number of benzene rings is 1. The number of aryl methyl sites for hydroxylation is 1. The quantitative estimate of drug-likeness (QED) is 0.709. The van der Waals surface area contributed by atoms with Crippen LogP contribution in [0.25, 0.3) is 0 Å². The number of ether oxygens (including phenoxy) is 1. The van der Waals surface area contributed by atoms with E-state index in [1.54, 1.807) is 38.1 Å². The van der Waals surface area contributed by atoms with Crippen LogP contribution in [-0.4, -0.2) is 34.9 Å². The van der Waals surface area contributed by atoms with Gasteiger partial charge in [-0.3, -0.25) is 14.4 Å². The highest BCUT2D eigenvalue weighted by Crippen LogP contribution is 2.30. The number of aromatic nitrogens is 1. The van der Waals surface area contributed by atoms with Crippen molar-refractivity contribution in [2.75, 3.05) is 7.11 Å². The van der Waals surface area contributed by atoms with Crippen molar-refractivity contribution in [1.82, 2.24) is 10.3 Å². The van der Waals surface area contributed by atoms with Gasteiger partial charge in [-0.05, 0) is 49.9 Å². The standard InChI is InChI=1S/C21H24N2O5/c1-12-18-15(8-5-9-16(18)24)22-19(12)20(27)23-21(2,11-17(25)26)13-6-4-7-14(10-13)28-3/h4,6-7,10,22H,5,8-9,11H2,1-3H3,(H,23,27)(H,25,26). The van der Waals surface area contributed by atoms with Crippen LogP contribution in [0, 0.1) is 6.92 Å². The van der Waals surface area contributed by atoms with Crippen molar-refractivity contribution in [3.05, 3.63) is 52.3 Å². The maximum Gasteiger partial charge on any atom is 0.306 e. The first-order chi connectivity index (χ1) is 13.2. The molecule has 1 aromatic heterocycles. The Morgan fingerprint density at radius 3 is 2.71 bits per heavy atom. The molecule has 148 valence electrons. The van der Waals surface area contributed by atoms with E-state index < -0.39 is 17.4 Å². The number of carbonyl (C=O) groups excluding carboxylic acids is 2. The molecule has 3 rings (SSSR count). The molecule has 1 atom stereocenters. The molecule has 2 aromatic rings. The van der Waals surface area contributed by atoms with Gasteiger partial charge >= 0.3 is 5.97 Å². The number of nitrogens with one attached hydrogen (secondary N) is 2. The largest absolute Gasteiger partial charge is 0.497 e. The number of ketones is 1. The number of Topliss-reactive ketones (excluding diaryl/α,β-unsaturated/α-hetero) is 1. The Bertz CT molecular complexity index is 946. The summed E-state index contributed by atoms with van der Waals surface area (Å²) in [6.45, 7) is 3.41. The summed E-state index contributed by atoms with van der Waals surface area (Å²) in [5.74, 6) is -0.870. The van der Waals surface area contributed by atoms with Gasteiger partial charge in [0, 0.05) is 17.7 Å². The molecule has 3 N–H and O–H groups in total. The Kier molecular flexibility index (Phi) is 5.27. The summed E-state index contributed by atoms with van der Waals surface area (Å²) >= 11 is 0. The van der Waals surface area contributed by atoms with Gasteiger partial charge in [0.25, 0.3) is 5.91 Å². The number of amides is 1. The Balaban J connectivity index is 1.96. The lowest BCUT2D eigenvalue weighted by atomic mass is 9.88. The zero-order chi connectivity index (χ0) is 20.5. The summed E-state index contributed by atoms with van der Waals surface area (Å²) in [6, 6.07) is 6.96. The van der Waals surface area contributed by atoms with Crippen molar-refractivity contribution in [3.63, 3.8) is 0 Å². The molecule has 1 aromatic carbocycles. The molecule has 28 heavy (non-hydrogen) atoms. The predicted octanol–water partition coefficient (Wildman–Crippen LogP) is 2.97. The van der Waals surface area contributed by atoms with Gasteiger partial charge in [0.05, 0.1) is 19.1 Å². The van der Waals surface area contributed by atoms with E-state index in [4.69, 9.17) is 4.74 Å². The lowest BCUT2D eigenvalue weighted by molar-refractivity contribution is -0.138. The molecule has 0 saturated heterocycles. The first-order valence-corrected chi connectivity index (χ1v) is 9.18. The Morgan fingerprint density at radius 1 is 1.32 bits per heavy atom. The number of hydrogen-bond acceptors (Lipinski definition) is 4. The summed E-state index contributed by atoms with van der Waals surface area (Å²) in [4.78, 5) is 39.8. The SMILES string of the molecule is COc1cccc(C(C)(CC(=O)O)NC(=O)c2[nH]c3c(c2C)C(=O)CCC3)c1. The Morgan fingerprint density at radius 2 is 2.07 bits per heavy atom. The molecule has 0 aliphatic heterocycles. The number of methoxy groups -OCH3 is 1. The molecule has 1 aliphatic rings. The molecule has 1 heterocycles. The number of fused-ring (bicyclic) bond motifs is 1. The van der Waals surface area contributed by atoms with Crippen LogP contribution in [-0.2, 0) is 16.8 Å². The van der Waals surface area contributed by atoms with Gasteiger partial charge in [0.15, 0.2) is 5.78 Å². The summed E-state index contributed by atoms with van der Waals surface area (Å²) < 4.78 is 5.23. The van der Waals surface area contributed by atoms with Crippen LogP contribution in [0.15, 0.2) is 24.3 Å². The highest BCUT2D eigenvalue weighted by molar-refractivity contribution is 6.04. The number of carboxylic acid groups (broad SMARTS) is 1. The average molecular weight is 384 g/mol. The lowest BCUT2D eigenvalue weighted by Crippen LogP contribution is -2.45. The van der Waals surface area contributed by atoms with Crippen LogP contribution < -0.4 is 10.1 Å². The number of aliphatic carboxylic acids is 1. The third-order valence-corrected chi connectivity index (χ3v) is 5.27. The zero-order valence-corrected chi connectivity index (χ0v) is 16.2. The molecule has 0 bridgehead atoms. The van der Waals surface area contributed by atoms with Gasteiger partial charge in [-0.1, -0.05) is 12.1 Å². The highest BCUT2D eigenvalue weighted by atomic mass is 16.5. The highest BCUT2D eigenvalue weighted by Gasteiger charge is 2.34. The smallest absolute Gasteiger partial charge is 0.306 e. The number of rotatable bonds is 6. The number of carbonyl (C=O) groups is 3. The lowest BCUT2D eigenvalue weighted by Gasteiger charge is -2.30. The predicted molar refractivity (Wildman–Crippen MR) is 103 cm³/mol. The Labute approximate surface area is 163 Å². The monoisotopic (exact) mass is 384 g/mol.